The highest BCUT2D eigenvalue weighted by Crippen LogP contribution is 2.14. The topological polar surface area (TPSA) is 41.6 Å². The summed E-state index contributed by atoms with van der Waals surface area (Å²) in [6, 6.07) is 0.0870. The Labute approximate surface area is 85.6 Å². The highest BCUT2D eigenvalue weighted by atomic mass is 16.5. The minimum absolute atomic E-state index is 0.0610. The molecule has 82 valence electrons. The molecule has 1 saturated heterocycles. The van der Waals surface area contributed by atoms with Crippen LogP contribution in [0.5, 0.6) is 0 Å². The van der Waals surface area contributed by atoms with Crippen LogP contribution in [-0.2, 0) is 9.53 Å². The number of carbonyl (C=O) groups is 1. The molecule has 14 heavy (non-hydrogen) atoms. The third-order valence-electron chi connectivity index (χ3n) is 2.57. The fourth-order valence-corrected chi connectivity index (χ4v) is 1.90. The molecule has 1 aliphatic heterocycles. The van der Waals surface area contributed by atoms with E-state index in [-0.39, 0.29) is 24.2 Å². The average molecular weight is 200 g/mol. The van der Waals surface area contributed by atoms with Crippen molar-refractivity contribution < 1.29 is 9.53 Å². The van der Waals surface area contributed by atoms with Crippen LogP contribution in [0.2, 0.25) is 0 Å². The van der Waals surface area contributed by atoms with E-state index >= 15 is 0 Å². The van der Waals surface area contributed by atoms with E-state index in [2.05, 4.69) is 5.32 Å². The zero-order chi connectivity index (χ0) is 10.7. The highest BCUT2D eigenvalue weighted by Gasteiger charge is 2.36. The first kappa shape index (κ1) is 11.5. The average Bonchev–Trinajstić information content (AvgIpc) is 2.38. The Bertz CT molecular complexity index is 208. The van der Waals surface area contributed by atoms with Crippen LogP contribution in [0.15, 0.2) is 0 Å². The van der Waals surface area contributed by atoms with Gasteiger partial charge in [0.15, 0.2) is 0 Å². The molecule has 0 radical (unpaired) electrons. The van der Waals surface area contributed by atoms with Crippen LogP contribution in [0.1, 0.15) is 27.7 Å². The summed E-state index contributed by atoms with van der Waals surface area (Å²) < 4.78 is 5.32. The molecular formula is C10H20N2O2. The van der Waals surface area contributed by atoms with Gasteiger partial charge in [-0.1, -0.05) is 0 Å². The van der Waals surface area contributed by atoms with E-state index in [4.69, 9.17) is 4.74 Å². The fourth-order valence-electron chi connectivity index (χ4n) is 1.90. The van der Waals surface area contributed by atoms with E-state index in [1.54, 1.807) is 0 Å². The Morgan fingerprint density at radius 3 is 2.64 bits per heavy atom. The van der Waals surface area contributed by atoms with Gasteiger partial charge in [0.25, 0.3) is 0 Å². The second kappa shape index (κ2) is 4.75. The molecule has 4 heteroatoms. The first-order valence-electron chi connectivity index (χ1n) is 5.23. The van der Waals surface area contributed by atoms with Crippen molar-refractivity contribution >= 4 is 5.91 Å². The molecule has 1 fully saturated rings. The molecule has 0 spiro atoms. The van der Waals surface area contributed by atoms with E-state index in [0.29, 0.717) is 13.2 Å². The Morgan fingerprint density at radius 1 is 1.57 bits per heavy atom. The second-order valence-corrected chi connectivity index (χ2v) is 3.82. The zero-order valence-corrected chi connectivity index (χ0v) is 9.41. The van der Waals surface area contributed by atoms with Crippen LogP contribution in [0, 0.1) is 0 Å². The quantitative estimate of drug-likeness (QED) is 0.721. The van der Waals surface area contributed by atoms with Gasteiger partial charge in [-0.3, -0.25) is 10.1 Å². The van der Waals surface area contributed by atoms with Crippen LogP contribution >= 0.6 is 0 Å². The van der Waals surface area contributed by atoms with Gasteiger partial charge in [-0.05, 0) is 27.7 Å². The van der Waals surface area contributed by atoms with Crippen LogP contribution < -0.4 is 5.32 Å². The summed E-state index contributed by atoms with van der Waals surface area (Å²) >= 11 is 0. The molecule has 1 heterocycles. The zero-order valence-electron chi connectivity index (χ0n) is 9.41. The van der Waals surface area contributed by atoms with Gasteiger partial charge in [-0.15, -0.1) is 0 Å². The predicted octanol–water partition coefficient (Wildman–Crippen LogP) is 0.578. The molecule has 4 nitrogen and oxygen atoms in total. The Kier molecular flexibility index (Phi) is 3.89. The van der Waals surface area contributed by atoms with Gasteiger partial charge in [-0.25, -0.2) is 0 Å². The molecule has 1 aliphatic rings. The highest BCUT2D eigenvalue weighted by molar-refractivity contribution is 5.84. The molecule has 3 atom stereocenters. The maximum Gasteiger partial charge on any atom is 0.241 e. The van der Waals surface area contributed by atoms with Crippen molar-refractivity contribution in [3.8, 4) is 0 Å². The summed E-state index contributed by atoms with van der Waals surface area (Å²) in [5, 5.41) is 3.19. The molecule has 0 saturated carbocycles. The van der Waals surface area contributed by atoms with E-state index in [0.717, 1.165) is 0 Å². The first-order valence-corrected chi connectivity index (χ1v) is 5.23. The summed E-state index contributed by atoms with van der Waals surface area (Å²) in [4.78, 5) is 13.6. The van der Waals surface area contributed by atoms with E-state index in [9.17, 15) is 4.79 Å². The van der Waals surface area contributed by atoms with Gasteiger partial charge < -0.3 is 9.64 Å². The van der Waals surface area contributed by atoms with Crippen LogP contribution in [0.4, 0.5) is 0 Å². The van der Waals surface area contributed by atoms with Crippen molar-refractivity contribution in [2.24, 2.45) is 0 Å². The lowest BCUT2D eigenvalue weighted by Crippen LogP contribution is -2.43. The van der Waals surface area contributed by atoms with Crippen LogP contribution in [-0.4, -0.2) is 42.3 Å². The lowest BCUT2D eigenvalue weighted by atomic mass is 10.2. The lowest BCUT2D eigenvalue weighted by Gasteiger charge is -2.27. The SMILES string of the molecule is CCOCC(C)N1C(=O)C(C)NC1C. The third kappa shape index (κ3) is 2.25. The number of amides is 1. The second-order valence-electron chi connectivity index (χ2n) is 3.82. The van der Waals surface area contributed by atoms with Crippen molar-refractivity contribution in [2.75, 3.05) is 13.2 Å². The number of nitrogens with zero attached hydrogens (tertiary/aromatic N) is 1. The summed E-state index contributed by atoms with van der Waals surface area (Å²) in [5.74, 6) is 0.171. The predicted molar refractivity (Wildman–Crippen MR) is 54.9 cm³/mol. The molecule has 0 aliphatic carbocycles. The standard InChI is InChI=1S/C10H20N2O2/c1-5-14-6-7(2)12-9(4)11-8(3)10(12)13/h7-9,11H,5-6H2,1-4H3. The fraction of sp³-hybridized carbons (Fsp3) is 0.900. The van der Waals surface area contributed by atoms with E-state index in [1.165, 1.54) is 0 Å². The van der Waals surface area contributed by atoms with Crippen molar-refractivity contribution in [3.05, 3.63) is 0 Å². The number of hydrogen-bond donors (Lipinski definition) is 1. The van der Waals surface area contributed by atoms with Crippen molar-refractivity contribution in [3.63, 3.8) is 0 Å². The summed E-state index contributed by atoms with van der Waals surface area (Å²) in [6.45, 7) is 9.19. The van der Waals surface area contributed by atoms with Crippen LogP contribution in [0.25, 0.3) is 0 Å². The molecule has 0 aromatic carbocycles. The number of carbonyl (C=O) groups excluding carboxylic acids is 1. The van der Waals surface area contributed by atoms with E-state index in [1.807, 2.05) is 32.6 Å². The summed E-state index contributed by atoms with van der Waals surface area (Å²) in [5.41, 5.74) is 0. The van der Waals surface area contributed by atoms with Gasteiger partial charge in [-0.2, -0.15) is 0 Å². The van der Waals surface area contributed by atoms with Gasteiger partial charge >= 0.3 is 0 Å². The Balaban J connectivity index is 2.53. The monoisotopic (exact) mass is 200 g/mol. The van der Waals surface area contributed by atoms with Crippen molar-refractivity contribution in [1.82, 2.24) is 10.2 Å². The summed E-state index contributed by atoms with van der Waals surface area (Å²) in [7, 11) is 0. The Hall–Kier alpha value is -0.610. The third-order valence-corrected chi connectivity index (χ3v) is 2.57. The Morgan fingerprint density at radius 2 is 2.21 bits per heavy atom. The smallest absolute Gasteiger partial charge is 0.241 e. The molecule has 1 amide bonds. The molecule has 3 unspecified atom stereocenters. The largest absolute Gasteiger partial charge is 0.380 e. The molecular weight excluding hydrogens is 180 g/mol. The minimum atomic E-state index is -0.0610. The summed E-state index contributed by atoms with van der Waals surface area (Å²) in [6.07, 6.45) is 0.118. The van der Waals surface area contributed by atoms with Gasteiger partial charge in [0, 0.05) is 6.61 Å². The first-order chi connectivity index (χ1) is 6.57. The van der Waals surface area contributed by atoms with Gasteiger partial charge in [0.2, 0.25) is 5.91 Å². The molecule has 1 N–H and O–H groups in total. The number of ether oxygens (including phenoxy) is 1. The van der Waals surface area contributed by atoms with Crippen molar-refractivity contribution in [1.29, 1.82) is 0 Å². The maximum absolute atomic E-state index is 11.7. The van der Waals surface area contributed by atoms with Gasteiger partial charge in [0.1, 0.15) is 0 Å². The lowest BCUT2D eigenvalue weighted by molar-refractivity contribution is -0.132. The van der Waals surface area contributed by atoms with Crippen LogP contribution in [0.3, 0.4) is 0 Å². The van der Waals surface area contributed by atoms with E-state index < -0.39 is 0 Å². The molecule has 0 bridgehead atoms. The van der Waals surface area contributed by atoms with Crippen molar-refractivity contribution in [2.45, 2.75) is 45.9 Å². The maximum atomic E-state index is 11.7. The van der Waals surface area contributed by atoms with Gasteiger partial charge in [0.05, 0.1) is 24.9 Å². The molecule has 1 rings (SSSR count). The number of hydrogen-bond acceptors (Lipinski definition) is 3. The molecule has 0 aromatic rings. The molecule has 0 aromatic heterocycles. The normalized spacial score (nSPS) is 29.7. The number of rotatable bonds is 4. The minimum Gasteiger partial charge on any atom is -0.380 e. The number of nitrogens with one attached hydrogen (secondary N) is 1.